The normalized spacial score (nSPS) is 11.5. The molecule has 0 heterocycles. The molecule has 1 N–H and O–H groups in total. The number of hydrogen-bond acceptors (Lipinski definition) is 4. The number of rotatable bonds is 7. The quantitative estimate of drug-likeness (QED) is 0.456. The van der Waals surface area contributed by atoms with E-state index in [0.29, 0.717) is 17.5 Å². The van der Waals surface area contributed by atoms with Crippen molar-refractivity contribution in [2.45, 2.75) is 19.4 Å². The molecule has 3 aromatic rings. The van der Waals surface area contributed by atoms with E-state index >= 15 is 0 Å². The predicted octanol–water partition coefficient (Wildman–Crippen LogP) is 5.21. The highest BCUT2D eigenvalue weighted by molar-refractivity contribution is 5.96. The number of esters is 1. The molecule has 28 heavy (non-hydrogen) atoms. The Morgan fingerprint density at radius 2 is 1.50 bits per heavy atom. The van der Waals surface area contributed by atoms with E-state index in [2.05, 4.69) is 5.32 Å². The first-order valence-corrected chi connectivity index (χ1v) is 9.16. The summed E-state index contributed by atoms with van der Waals surface area (Å²) in [7, 11) is 1.36. The Balaban J connectivity index is 1.86. The van der Waals surface area contributed by atoms with E-state index in [1.54, 1.807) is 12.1 Å². The van der Waals surface area contributed by atoms with Crippen molar-refractivity contribution in [1.29, 1.82) is 0 Å². The number of ether oxygens (including phenoxy) is 1. The average Bonchev–Trinajstić information content (AvgIpc) is 2.75. The number of ketones is 1. The Morgan fingerprint density at radius 3 is 2.11 bits per heavy atom. The third-order valence-corrected chi connectivity index (χ3v) is 4.61. The zero-order valence-electron chi connectivity index (χ0n) is 16.0. The molecule has 142 valence electrons. The minimum absolute atomic E-state index is 0.0576. The topological polar surface area (TPSA) is 55.4 Å². The highest BCUT2D eigenvalue weighted by atomic mass is 16.5. The van der Waals surface area contributed by atoms with Crippen molar-refractivity contribution in [1.82, 2.24) is 0 Å². The summed E-state index contributed by atoms with van der Waals surface area (Å²) in [6.07, 6.45) is 0.301. The number of anilines is 1. The lowest BCUT2D eigenvalue weighted by atomic mass is 9.96. The lowest BCUT2D eigenvalue weighted by Gasteiger charge is -2.20. The molecular weight excluding hydrogens is 350 g/mol. The van der Waals surface area contributed by atoms with Gasteiger partial charge in [-0.3, -0.25) is 4.79 Å². The summed E-state index contributed by atoms with van der Waals surface area (Å²) in [5, 5.41) is 3.45. The first-order chi connectivity index (χ1) is 13.6. The van der Waals surface area contributed by atoms with Gasteiger partial charge in [0.25, 0.3) is 0 Å². The van der Waals surface area contributed by atoms with E-state index in [-0.39, 0.29) is 17.8 Å². The molecule has 0 spiro atoms. The molecule has 0 aliphatic heterocycles. The van der Waals surface area contributed by atoms with Crippen LogP contribution in [0, 0.1) is 6.92 Å². The van der Waals surface area contributed by atoms with Crippen LogP contribution in [0.4, 0.5) is 5.69 Å². The van der Waals surface area contributed by atoms with Crippen molar-refractivity contribution in [3.8, 4) is 0 Å². The number of nitrogens with one attached hydrogen (secondary N) is 1. The first kappa shape index (κ1) is 19.4. The van der Waals surface area contributed by atoms with Gasteiger partial charge in [-0.2, -0.15) is 0 Å². The van der Waals surface area contributed by atoms with E-state index in [1.165, 1.54) is 12.7 Å². The van der Waals surface area contributed by atoms with Crippen LogP contribution >= 0.6 is 0 Å². The van der Waals surface area contributed by atoms with E-state index < -0.39 is 0 Å². The Labute approximate surface area is 165 Å². The SMILES string of the molecule is COC(=O)c1ccc(C(CC(=O)c2ccccc2)Nc2ccc(C)cc2)cc1. The van der Waals surface area contributed by atoms with Gasteiger partial charge in [0.05, 0.1) is 18.7 Å². The monoisotopic (exact) mass is 373 g/mol. The molecule has 3 rings (SSSR count). The largest absolute Gasteiger partial charge is 0.465 e. The predicted molar refractivity (Wildman–Crippen MR) is 111 cm³/mol. The molecule has 0 fully saturated rings. The van der Waals surface area contributed by atoms with Crippen LogP contribution < -0.4 is 5.32 Å². The summed E-state index contributed by atoms with van der Waals surface area (Å²) in [6.45, 7) is 2.03. The zero-order chi connectivity index (χ0) is 19.9. The van der Waals surface area contributed by atoms with E-state index in [1.807, 2.05) is 73.7 Å². The van der Waals surface area contributed by atoms with Crippen molar-refractivity contribution < 1.29 is 14.3 Å². The summed E-state index contributed by atoms with van der Waals surface area (Å²) < 4.78 is 4.76. The lowest BCUT2D eigenvalue weighted by Crippen LogP contribution is -2.16. The molecule has 1 atom stereocenters. The summed E-state index contributed by atoms with van der Waals surface area (Å²) in [4.78, 5) is 24.5. The van der Waals surface area contributed by atoms with Gasteiger partial charge in [0.1, 0.15) is 0 Å². The molecule has 0 radical (unpaired) electrons. The minimum atomic E-state index is -0.380. The van der Waals surface area contributed by atoms with Crippen LogP contribution in [0.3, 0.4) is 0 Å². The van der Waals surface area contributed by atoms with Gasteiger partial charge in [-0.05, 0) is 36.8 Å². The zero-order valence-corrected chi connectivity index (χ0v) is 16.0. The van der Waals surface area contributed by atoms with Gasteiger partial charge in [-0.1, -0.05) is 60.2 Å². The van der Waals surface area contributed by atoms with Gasteiger partial charge >= 0.3 is 5.97 Å². The van der Waals surface area contributed by atoms with Crippen LogP contribution in [0.1, 0.15) is 44.3 Å². The second-order valence-electron chi connectivity index (χ2n) is 6.67. The van der Waals surface area contributed by atoms with Crippen molar-refractivity contribution in [3.05, 3.63) is 101 Å². The van der Waals surface area contributed by atoms with Gasteiger partial charge in [-0.15, -0.1) is 0 Å². The molecule has 1 unspecified atom stereocenters. The summed E-state index contributed by atoms with van der Waals surface area (Å²) >= 11 is 0. The lowest BCUT2D eigenvalue weighted by molar-refractivity contribution is 0.0600. The van der Waals surface area contributed by atoms with E-state index in [4.69, 9.17) is 4.74 Å². The van der Waals surface area contributed by atoms with Crippen LogP contribution in [-0.2, 0) is 4.74 Å². The molecule has 4 heteroatoms. The summed E-state index contributed by atoms with van der Waals surface area (Å²) in [5.41, 5.74) is 4.20. The smallest absolute Gasteiger partial charge is 0.337 e. The van der Waals surface area contributed by atoms with Crippen LogP contribution in [0.15, 0.2) is 78.9 Å². The van der Waals surface area contributed by atoms with Gasteiger partial charge in [0.15, 0.2) is 5.78 Å². The molecule has 3 aromatic carbocycles. The van der Waals surface area contributed by atoms with Crippen molar-refractivity contribution in [2.75, 3.05) is 12.4 Å². The summed E-state index contributed by atoms with van der Waals surface area (Å²) in [5.74, 6) is -0.322. The number of Topliss-reactive ketones (excluding diaryl/α,β-unsaturated/α-hetero) is 1. The van der Waals surface area contributed by atoms with Crippen LogP contribution in [0.25, 0.3) is 0 Å². The third-order valence-electron chi connectivity index (χ3n) is 4.61. The second-order valence-corrected chi connectivity index (χ2v) is 6.67. The standard InChI is InChI=1S/C24H23NO3/c1-17-8-14-21(15-9-17)25-22(16-23(26)19-6-4-3-5-7-19)18-10-12-20(13-11-18)24(27)28-2/h3-15,22,25H,16H2,1-2H3. The number of hydrogen-bond donors (Lipinski definition) is 1. The third kappa shape index (κ3) is 4.86. The maximum atomic E-state index is 12.8. The molecule has 0 saturated carbocycles. The second kappa shape index (κ2) is 9.00. The number of carbonyl (C=O) groups is 2. The van der Waals surface area contributed by atoms with E-state index in [9.17, 15) is 9.59 Å². The van der Waals surface area contributed by atoms with Crippen LogP contribution in [0.5, 0.6) is 0 Å². The first-order valence-electron chi connectivity index (χ1n) is 9.16. The highest BCUT2D eigenvalue weighted by Crippen LogP contribution is 2.25. The Bertz CT molecular complexity index is 932. The van der Waals surface area contributed by atoms with Crippen molar-refractivity contribution in [2.24, 2.45) is 0 Å². The molecule has 0 aromatic heterocycles. The fourth-order valence-corrected chi connectivity index (χ4v) is 3.00. The van der Waals surface area contributed by atoms with Gasteiger partial charge < -0.3 is 10.1 Å². The molecule has 0 bridgehead atoms. The number of carbonyl (C=O) groups excluding carboxylic acids is 2. The Kier molecular flexibility index (Phi) is 6.22. The van der Waals surface area contributed by atoms with E-state index in [0.717, 1.165) is 11.3 Å². The fraction of sp³-hybridized carbons (Fsp3) is 0.167. The fourth-order valence-electron chi connectivity index (χ4n) is 3.00. The molecule has 0 aliphatic carbocycles. The molecule has 0 aliphatic rings. The Hall–Kier alpha value is -3.40. The van der Waals surface area contributed by atoms with Gasteiger partial charge in [0.2, 0.25) is 0 Å². The molecular formula is C24H23NO3. The van der Waals surface area contributed by atoms with Crippen molar-refractivity contribution in [3.63, 3.8) is 0 Å². The minimum Gasteiger partial charge on any atom is -0.465 e. The van der Waals surface area contributed by atoms with Crippen LogP contribution in [0.2, 0.25) is 0 Å². The molecule has 0 saturated heterocycles. The molecule has 0 amide bonds. The average molecular weight is 373 g/mol. The van der Waals surface area contributed by atoms with Gasteiger partial charge in [-0.25, -0.2) is 4.79 Å². The maximum Gasteiger partial charge on any atom is 0.337 e. The maximum absolute atomic E-state index is 12.8. The van der Waals surface area contributed by atoms with Crippen molar-refractivity contribution >= 4 is 17.4 Å². The number of benzene rings is 3. The number of aryl methyl sites for hydroxylation is 1. The highest BCUT2D eigenvalue weighted by Gasteiger charge is 2.18. The van der Waals surface area contributed by atoms with Crippen LogP contribution in [-0.4, -0.2) is 18.9 Å². The Morgan fingerprint density at radius 1 is 0.857 bits per heavy atom. The summed E-state index contributed by atoms with van der Waals surface area (Å²) in [6, 6.07) is 24.3. The van der Waals surface area contributed by atoms with Gasteiger partial charge in [0, 0.05) is 17.7 Å². The molecule has 4 nitrogen and oxygen atoms in total. The number of methoxy groups -OCH3 is 1.